The highest BCUT2D eigenvalue weighted by Gasteiger charge is 2.13. The monoisotopic (exact) mass is 484 g/mol. The Morgan fingerprint density at radius 3 is 2.43 bits per heavy atom. The molecule has 0 radical (unpaired) electrons. The first-order chi connectivity index (χ1) is 13.5. The molecule has 0 spiro atoms. The maximum Gasteiger partial charge on any atom is 0.335 e. The topological polar surface area (TPSA) is 103 Å². The fourth-order valence-corrected chi connectivity index (χ4v) is 2.93. The van der Waals surface area contributed by atoms with Gasteiger partial charge >= 0.3 is 5.97 Å². The van der Waals surface area contributed by atoms with Gasteiger partial charge in [0.05, 0.1) is 11.3 Å². The number of carboxylic acids is 1. The van der Waals surface area contributed by atoms with Crippen LogP contribution in [0.5, 0.6) is 0 Å². The Morgan fingerprint density at radius 2 is 1.79 bits per heavy atom. The van der Waals surface area contributed by atoms with Gasteiger partial charge < -0.3 is 14.8 Å². The standard InChI is InChI=1S/C21H13IN2O4/c22-17-3-1-2-4-18(17)24-20(25)15(12-23)11-16-9-10-19(28-16)13-5-7-14(8-6-13)21(26)27/h1-11H,(H,24,25)(H,26,27). The molecule has 0 saturated heterocycles. The van der Waals surface area contributed by atoms with Crippen molar-refractivity contribution in [3.63, 3.8) is 0 Å². The third kappa shape index (κ3) is 4.47. The van der Waals surface area contributed by atoms with Crippen LogP contribution in [0, 0.1) is 14.9 Å². The lowest BCUT2D eigenvalue weighted by atomic mass is 10.1. The zero-order chi connectivity index (χ0) is 20.1. The second-order valence-corrected chi connectivity index (χ2v) is 6.85. The number of carbonyl (C=O) groups is 2. The smallest absolute Gasteiger partial charge is 0.335 e. The summed E-state index contributed by atoms with van der Waals surface area (Å²) in [5, 5.41) is 21.0. The molecule has 0 atom stereocenters. The number of anilines is 1. The molecular formula is C21H13IN2O4. The van der Waals surface area contributed by atoms with Crippen LogP contribution >= 0.6 is 22.6 Å². The molecule has 6 nitrogen and oxygen atoms in total. The largest absolute Gasteiger partial charge is 0.478 e. The summed E-state index contributed by atoms with van der Waals surface area (Å²) in [6.07, 6.45) is 1.36. The zero-order valence-electron chi connectivity index (χ0n) is 14.3. The van der Waals surface area contributed by atoms with E-state index < -0.39 is 11.9 Å². The molecule has 0 aliphatic heterocycles. The third-order valence-corrected chi connectivity index (χ3v) is 4.76. The Hall–Kier alpha value is -3.38. The molecule has 0 saturated carbocycles. The summed E-state index contributed by atoms with van der Waals surface area (Å²) >= 11 is 2.10. The van der Waals surface area contributed by atoms with E-state index in [0.717, 1.165) is 3.57 Å². The average Bonchev–Trinajstić information content (AvgIpc) is 3.16. The van der Waals surface area contributed by atoms with Crippen LogP contribution in [0.3, 0.4) is 0 Å². The maximum atomic E-state index is 12.4. The van der Waals surface area contributed by atoms with Gasteiger partial charge in [0.25, 0.3) is 5.91 Å². The number of halogens is 1. The lowest BCUT2D eigenvalue weighted by molar-refractivity contribution is -0.112. The van der Waals surface area contributed by atoms with Gasteiger partial charge in [0.1, 0.15) is 23.2 Å². The Labute approximate surface area is 174 Å². The number of benzene rings is 2. The van der Waals surface area contributed by atoms with Crippen LogP contribution in [0.15, 0.2) is 70.7 Å². The minimum Gasteiger partial charge on any atom is -0.478 e. The van der Waals surface area contributed by atoms with Crippen molar-refractivity contribution < 1.29 is 19.1 Å². The first-order valence-corrected chi connectivity index (χ1v) is 9.17. The van der Waals surface area contributed by atoms with Crippen molar-refractivity contribution in [1.29, 1.82) is 5.26 Å². The summed E-state index contributed by atoms with van der Waals surface area (Å²) in [4.78, 5) is 23.3. The first kappa shape index (κ1) is 19.4. The molecule has 0 unspecified atom stereocenters. The summed E-state index contributed by atoms with van der Waals surface area (Å²) in [7, 11) is 0. The fourth-order valence-electron chi connectivity index (χ4n) is 2.41. The average molecular weight is 484 g/mol. The molecule has 2 N–H and O–H groups in total. The molecule has 7 heteroatoms. The van der Waals surface area contributed by atoms with Gasteiger partial charge in [-0.25, -0.2) is 4.79 Å². The fraction of sp³-hybridized carbons (Fsp3) is 0. The predicted molar refractivity (Wildman–Crippen MR) is 112 cm³/mol. The van der Waals surface area contributed by atoms with E-state index >= 15 is 0 Å². The van der Waals surface area contributed by atoms with Crippen molar-refractivity contribution in [3.8, 4) is 17.4 Å². The highest BCUT2D eigenvalue weighted by atomic mass is 127. The van der Waals surface area contributed by atoms with Crippen LogP contribution in [-0.2, 0) is 4.79 Å². The van der Waals surface area contributed by atoms with Gasteiger partial charge in [-0.05, 0) is 59.0 Å². The number of carboxylic acid groups (broad SMARTS) is 1. The number of furan rings is 1. The molecule has 2 aromatic carbocycles. The van der Waals surface area contributed by atoms with Crippen LogP contribution in [0.4, 0.5) is 5.69 Å². The number of amides is 1. The lowest BCUT2D eigenvalue weighted by Gasteiger charge is -2.05. The van der Waals surface area contributed by atoms with Crippen LogP contribution in [0.2, 0.25) is 0 Å². The van der Waals surface area contributed by atoms with E-state index in [1.165, 1.54) is 18.2 Å². The highest BCUT2D eigenvalue weighted by Crippen LogP contribution is 2.24. The maximum absolute atomic E-state index is 12.4. The summed E-state index contributed by atoms with van der Waals surface area (Å²) in [5.74, 6) is -0.701. The molecule has 3 aromatic rings. The Bertz CT molecular complexity index is 1110. The van der Waals surface area contributed by atoms with Crippen LogP contribution in [0.25, 0.3) is 17.4 Å². The highest BCUT2D eigenvalue weighted by molar-refractivity contribution is 14.1. The zero-order valence-corrected chi connectivity index (χ0v) is 16.5. The van der Waals surface area contributed by atoms with E-state index in [1.807, 2.05) is 18.2 Å². The van der Waals surface area contributed by atoms with Crippen molar-refractivity contribution >= 4 is 46.2 Å². The van der Waals surface area contributed by atoms with Crippen LogP contribution < -0.4 is 5.32 Å². The number of nitrogens with zero attached hydrogens (tertiary/aromatic N) is 1. The first-order valence-electron chi connectivity index (χ1n) is 8.09. The molecule has 0 aliphatic carbocycles. The van der Waals surface area contributed by atoms with Crippen LogP contribution in [-0.4, -0.2) is 17.0 Å². The third-order valence-electron chi connectivity index (χ3n) is 3.82. The summed E-state index contributed by atoms with van der Waals surface area (Å²) in [5.41, 5.74) is 1.38. The second kappa shape index (κ2) is 8.54. The van der Waals surface area contributed by atoms with Gasteiger partial charge in [0.15, 0.2) is 0 Å². The van der Waals surface area contributed by atoms with Gasteiger partial charge in [-0.1, -0.05) is 24.3 Å². The molecule has 0 bridgehead atoms. The SMILES string of the molecule is N#CC(=Cc1ccc(-c2ccc(C(=O)O)cc2)o1)C(=O)Nc1ccccc1I. The molecule has 1 amide bonds. The molecular weight excluding hydrogens is 471 g/mol. The minimum absolute atomic E-state index is 0.0956. The minimum atomic E-state index is -1.01. The molecule has 0 aliphatic rings. The predicted octanol–water partition coefficient (Wildman–Crippen LogP) is 4.80. The molecule has 3 rings (SSSR count). The molecule has 138 valence electrons. The van der Waals surface area contributed by atoms with Crippen molar-refractivity contribution in [2.75, 3.05) is 5.32 Å². The normalized spacial score (nSPS) is 10.9. The van der Waals surface area contributed by atoms with Gasteiger partial charge in [-0.3, -0.25) is 4.79 Å². The molecule has 28 heavy (non-hydrogen) atoms. The van der Waals surface area contributed by atoms with E-state index in [0.29, 0.717) is 22.8 Å². The molecule has 1 aromatic heterocycles. The quantitative estimate of drug-likeness (QED) is 0.308. The number of rotatable bonds is 5. The van der Waals surface area contributed by atoms with E-state index in [1.54, 1.807) is 36.4 Å². The summed E-state index contributed by atoms with van der Waals surface area (Å²) in [6, 6.07) is 18.7. The number of aromatic carboxylic acids is 1. The molecule has 1 heterocycles. The van der Waals surface area contributed by atoms with Crippen molar-refractivity contribution in [3.05, 3.63) is 81.1 Å². The number of nitrogens with one attached hydrogen (secondary N) is 1. The number of nitriles is 1. The van der Waals surface area contributed by atoms with E-state index in [-0.39, 0.29) is 11.1 Å². The molecule has 0 fully saturated rings. The van der Waals surface area contributed by atoms with E-state index in [4.69, 9.17) is 9.52 Å². The second-order valence-electron chi connectivity index (χ2n) is 5.69. The summed E-state index contributed by atoms with van der Waals surface area (Å²) in [6.45, 7) is 0. The van der Waals surface area contributed by atoms with Crippen molar-refractivity contribution in [1.82, 2.24) is 0 Å². The lowest BCUT2D eigenvalue weighted by Crippen LogP contribution is -2.14. The summed E-state index contributed by atoms with van der Waals surface area (Å²) < 4.78 is 6.53. The van der Waals surface area contributed by atoms with Crippen molar-refractivity contribution in [2.45, 2.75) is 0 Å². The van der Waals surface area contributed by atoms with Crippen LogP contribution in [0.1, 0.15) is 16.1 Å². The van der Waals surface area contributed by atoms with Gasteiger partial charge in [0.2, 0.25) is 0 Å². The number of carbonyl (C=O) groups excluding carboxylic acids is 1. The number of para-hydroxylation sites is 1. The van der Waals surface area contributed by atoms with E-state index in [9.17, 15) is 14.9 Å². The van der Waals surface area contributed by atoms with Gasteiger partial charge in [-0.2, -0.15) is 5.26 Å². The Balaban J connectivity index is 1.80. The number of hydrogen-bond donors (Lipinski definition) is 2. The van der Waals surface area contributed by atoms with Gasteiger partial charge in [-0.15, -0.1) is 0 Å². The Morgan fingerprint density at radius 1 is 1.07 bits per heavy atom. The number of hydrogen-bond acceptors (Lipinski definition) is 4. The van der Waals surface area contributed by atoms with Gasteiger partial charge in [0, 0.05) is 15.2 Å². The van der Waals surface area contributed by atoms with Crippen molar-refractivity contribution in [2.24, 2.45) is 0 Å². The van der Waals surface area contributed by atoms with E-state index in [2.05, 4.69) is 27.9 Å². The Kier molecular flexibility index (Phi) is 5.91.